The van der Waals surface area contributed by atoms with E-state index in [1.165, 1.54) is 12.7 Å². The molecule has 0 N–H and O–H groups in total. The average molecular weight is 402 g/mol. The van der Waals surface area contributed by atoms with Gasteiger partial charge in [0.15, 0.2) is 0 Å². The molecule has 3 aromatic rings. The summed E-state index contributed by atoms with van der Waals surface area (Å²) in [7, 11) is 1.40. The minimum atomic E-state index is -0.320. The number of methoxy groups -OCH3 is 1. The van der Waals surface area contributed by atoms with Crippen LogP contribution in [-0.2, 0) is 11.3 Å². The fraction of sp³-hybridized carbons (Fsp3) is 0.250. The van der Waals surface area contributed by atoms with E-state index in [1.54, 1.807) is 6.07 Å². The highest BCUT2D eigenvalue weighted by Crippen LogP contribution is 2.20. The molecule has 0 aliphatic heterocycles. The predicted octanol–water partition coefficient (Wildman–Crippen LogP) is 4.64. The Morgan fingerprint density at radius 1 is 1.12 bits per heavy atom. The molecule has 0 aliphatic carbocycles. The molecule has 5 heteroatoms. The van der Waals surface area contributed by atoms with Crippen molar-refractivity contribution < 1.29 is 14.3 Å². The monoisotopic (exact) mass is 401 g/mol. The first-order valence-electron chi connectivity index (χ1n) is 8.16. The number of hydrogen-bond donors (Lipinski definition) is 0. The number of nitrogens with zero attached hydrogens (tertiary/aromatic N) is 1. The number of aromatic nitrogens is 1. The highest BCUT2D eigenvalue weighted by atomic mass is 79.9. The smallest absolute Gasteiger partial charge is 0.337 e. The number of carbonyl (C=O) groups excluding carboxylic acids is 1. The van der Waals surface area contributed by atoms with E-state index in [1.807, 2.05) is 36.5 Å². The van der Waals surface area contributed by atoms with E-state index in [0.29, 0.717) is 12.2 Å². The van der Waals surface area contributed by atoms with Gasteiger partial charge in [0.25, 0.3) is 0 Å². The van der Waals surface area contributed by atoms with Crippen molar-refractivity contribution in [3.05, 3.63) is 65.9 Å². The largest absolute Gasteiger partial charge is 0.494 e. The number of carbonyl (C=O) groups is 1. The summed E-state index contributed by atoms with van der Waals surface area (Å²) in [6.45, 7) is 1.44. The first kappa shape index (κ1) is 17.5. The number of fused-ring (bicyclic) bond motifs is 1. The van der Waals surface area contributed by atoms with Crippen LogP contribution in [0.25, 0.3) is 10.9 Å². The Morgan fingerprint density at radius 3 is 2.64 bits per heavy atom. The lowest BCUT2D eigenvalue weighted by molar-refractivity contribution is 0.0601. The number of hydrogen-bond acceptors (Lipinski definition) is 3. The maximum Gasteiger partial charge on any atom is 0.337 e. The molecule has 0 saturated carbocycles. The molecule has 1 aromatic heterocycles. The normalized spacial score (nSPS) is 10.8. The van der Waals surface area contributed by atoms with E-state index in [9.17, 15) is 4.79 Å². The van der Waals surface area contributed by atoms with Crippen LogP contribution in [0.2, 0.25) is 0 Å². The summed E-state index contributed by atoms with van der Waals surface area (Å²) >= 11 is 3.39. The number of esters is 1. The lowest BCUT2D eigenvalue weighted by Crippen LogP contribution is -2.03. The van der Waals surface area contributed by atoms with Gasteiger partial charge in [0.1, 0.15) is 5.75 Å². The van der Waals surface area contributed by atoms with Crippen LogP contribution >= 0.6 is 15.9 Å². The van der Waals surface area contributed by atoms with Gasteiger partial charge in [-0.25, -0.2) is 4.79 Å². The molecule has 25 heavy (non-hydrogen) atoms. The van der Waals surface area contributed by atoms with Crippen LogP contribution in [0, 0.1) is 0 Å². The molecule has 1 heterocycles. The molecule has 3 rings (SSSR count). The van der Waals surface area contributed by atoms with Crippen LogP contribution in [0.5, 0.6) is 5.75 Å². The van der Waals surface area contributed by atoms with Gasteiger partial charge in [0.05, 0.1) is 19.3 Å². The molecule has 0 bridgehead atoms. The lowest BCUT2D eigenvalue weighted by Gasteiger charge is -2.09. The number of benzene rings is 2. The van der Waals surface area contributed by atoms with Crippen molar-refractivity contribution in [1.82, 2.24) is 4.57 Å². The molecule has 0 amide bonds. The summed E-state index contributed by atoms with van der Waals surface area (Å²) < 4.78 is 12.6. The summed E-state index contributed by atoms with van der Waals surface area (Å²) in [5.41, 5.74) is 2.75. The second-order valence-corrected chi connectivity index (χ2v) is 6.54. The maximum atomic E-state index is 11.7. The molecular weight excluding hydrogens is 382 g/mol. The van der Waals surface area contributed by atoms with Gasteiger partial charge >= 0.3 is 5.97 Å². The van der Waals surface area contributed by atoms with Crippen molar-refractivity contribution in [1.29, 1.82) is 0 Å². The van der Waals surface area contributed by atoms with Crippen molar-refractivity contribution in [3.63, 3.8) is 0 Å². The second-order valence-electron chi connectivity index (χ2n) is 5.74. The van der Waals surface area contributed by atoms with E-state index < -0.39 is 0 Å². The van der Waals surface area contributed by atoms with Crippen molar-refractivity contribution in [2.24, 2.45) is 0 Å². The molecule has 2 aromatic carbocycles. The zero-order valence-corrected chi connectivity index (χ0v) is 15.7. The minimum Gasteiger partial charge on any atom is -0.494 e. The standard InChI is InChI=1S/C20H20BrNO3/c1-24-20(23)17-6-5-16-9-11-22(19(16)13-17)14-15-3-7-18(8-4-15)25-12-2-10-21/h3-9,11,13H,2,10,12,14H2,1H3. The van der Waals surface area contributed by atoms with Gasteiger partial charge in [0.2, 0.25) is 0 Å². The third kappa shape index (κ3) is 4.23. The highest BCUT2D eigenvalue weighted by molar-refractivity contribution is 9.09. The van der Waals surface area contributed by atoms with Crippen LogP contribution in [0.1, 0.15) is 22.3 Å². The zero-order chi connectivity index (χ0) is 17.6. The van der Waals surface area contributed by atoms with Gasteiger partial charge in [-0.2, -0.15) is 0 Å². The highest BCUT2D eigenvalue weighted by Gasteiger charge is 2.09. The minimum absolute atomic E-state index is 0.320. The summed E-state index contributed by atoms with van der Waals surface area (Å²) in [6.07, 6.45) is 3.02. The zero-order valence-electron chi connectivity index (χ0n) is 14.1. The number of halogens is 1. The maximum absolute atomic E-state index is 11.7. The molecule has 0 atom stereocenters. The van der Waals surface area contributed by atoms with Crippen LogP contribution in [0.3, 0.4) is 0 Å². The van der Waals surface area contributed by atoms with Crippen LogP contribution in [-0.4, -0.2) is 29.6 Å². The first-order chi connectivity index (χ1) is 12.2. The Morgan fingerprint density at radius 2 is 1.92 bits per heavy atom. The number of ether oxygens (including phenoxy) is 2. The number of alkyl halides is 1. The topological polar surface area (TPSA) is 40.5 Å². The van der Waals surface area contributed by atoms with Gasteiger partial charge in [-0.05, 0) is 47.7 Å². The van der Waals surface area contributed by atoms with Gasteiger partial charge in [0, 0.05) is 23.6 Å². The molecule has 0 saturated heterocycles. The average Bonchev–Trinajstić information content (AvgIpc) is 3.05. The SMILES string of the molecule is COC(=O)c1ccc2ccn(Cc3ccc(OCCCBr)cc3)c2c1. The molecule has 0 spiro atoms. The second kappa shape index (κ2) is 8.21. The summed E-state index contributed by atoms with van der Waals surface area (Å²) in [5.74, 6) is 0.565. The fourth-order valence-electron chi connectivity index (χ4n) is 2.70. The lowest BCUT2D eigenvalue weighted by atomic mass is 10.1. The Bertz CT molecular complexity index is 855. The Hall–Kier alpha value is -2.27. The van der Waals surface area contributed by atoms with Gasteiger partial charge < -0.3 is 14.0 Å². The number of rotatable bonds is 7. The van der Waals surface area contributed by atoms with Crippen molar-refractivity contribution in [3.8, 4) is 5.75 Å². The van der Waals surface area contributed by atoms with Gasteiger partial charge in [-0.15, -0.1) is 0 Å². The van der Waals surface area contributed by atoms with E-state index in [0.717, 1.165) is 34.9 Å². The molecule has 130 valence electrons. The van der Waals surface area contributed by atoms with E-state index in [-0.39, 0.29) is 5.97 Å². The summed E-state index contributed by atoms with van der Waals surface area (Å²) in [4.78, 5) is 11.7. The van der Waals surface area contributed by atoms with Crippen LogP contribution < -0.4 is 4.74 Å². The molecule has 0 fully saturated rings. The summed E-state index contributed by atoms with van der Waals surface area (Å²) in [6, 6.07) is 15.8. The van der Waals surface area contributed by atoms with Crippen LogP contribution in [0.4, 0.5) is 0 Å². The molecule has 0 radical (unpaired) electrons. The van der Waals surface area contributed by atoms with Crippen molar-refractivity contribution >= 4 is 32.8 Å². The van der Waals surface area contributed by atoms with Gasteiger partial charge in [-0.1, -0.05) is 34.1 Å². The van der Waals surface area contributed by atoms with E-state index in [4.69, 9.17) is 9.47 Å². The quantitative estimate of drug-likeness (QED) is 0.329. The molecular formula is C20H20BrNO3. The first-order valence-corrected chi connectivity index (χ1v) is 9.28. The Balaban J connectivity index is 1.77. The molecule has 4 nitrogen and oxygen atoms in total. The van der Waals surface area contributed by atoms with Crippen LogP contribution in [0.15, 0.2) is 54.7 Å². The Kier molecular flexibility index (Phi) is 5.76. The van der Waals surface area contributed by atoms with Crippen molar-refractivity contribution in [2.75, 3.05) is 19.0 Å². The molecule has 0 aliphatic rings. The van der Waals surface area contributed by atoms with E-state index in [2.05, 4.69) is 32.6 Å². The van der Waals surface area contributed by atoms with E-state index >= 15 is 0 Å². The van der Waals surface area contributed by atoms with Crippen molar-refractivity contribution in [2.45, 2.75) is 13.0 Å². The third-order valence-electron chi connectivity index (χ3n) is 4.02. The summed E-state index contributed by atoms with van der Waals surface area (Å²) in [5, 5.41) is 2.04. The molecule has 0 unspecified atom stereocenters. The van der Waals surface area contributed by atoms with Gasteiger partial charge in [-0.3, -0.25) is 0 Å². The fourth-order valence-corrected chi connectivity index (χ4v) is 2.93. The predicted molar refractivity (Wildman–Crippen MR) is 103 cm³/mol. The Labute approximate surface area is 155 Å². The third-order valence-corrected chi connectivity index (χ3v) is 4.58.